The van der Waals surface area contributed by atoms with E-state index in [1.54, 1.807) is 0 Å². The molecule has 1 heterocycles. The Kier molecular flexibility index (Phi) is 4.09. The van der Waals surface area contributed by atoms with Crippen molar-refractivity contribution < 1.29 is 14.5 Å². The standard InChI is InChI=1S/C15H22N4O4/c1-3-23-11-8-10(15(11)6-4-5-7-15)16-14(20)12-13(19(21)22)9(2)17-18-12/h10-11H,3-8H2,1-2H3,(H,16,20)(H,17,18)/t10-,11-/m1/s1. The normalized spacial score (nSPS) is 25.3. The quantitative estimate of drug-likeness (QED) is 0.637. The first-order valence-electron chi connectivity index (χ1n) is 8.11. The zero-order chi connectivity index (χ0) is 16.6. The molecule has 0 aromatic carbocycles. The minimum absolute atomic E-state index is 0.00524. The Labute approximate surface area is 134 Å². The Balaban J connectivity index is 1.75. The molecule has 0 bridgehead atoms. The van der Waals surface area contributed by atoms with Gasteiger partial charge in [0, 0.05) is 18.1 Å². The van der Waals surface area contributed by atoms with Crippen molar-refractivity contribution in [3.63, 3.8) is 0 Å². The van der Waals surface area contributed by atoms with Crippen LogP contribution in [0.4, 0.5) is 5.69 Å². The molecule has 0 aliphatic heterocycles. The van der Waals surface area contributed by atoms with Gasteiger partial charge in [-0.1, -0.05) is 12.8 Å². The first kappa shape index (κ1) is 15.9. The van der Waals surface area contributed by atoms with Crippen LogP contribution in [0.15, 0.2) is 0 Å². The number of hydrogen-bond acceptors (Lipinski definition) is 5. The lowest BCUT2D eigenvalue weighted by molar-refractivity contribution is -0.385. The summed E-state index contributed by atoms with van der Waals surface area (Å²) in [7, 11) is 0. The summed E-state index contributed by atoms with van der Waals surface area (Å²) >= 11 is 0. The third-order valence-corrected chi connectivity index (χ3v) is 5.31. The molecule has 2 aliphatic rings. The monoisotopic (exact) mass is 322 g/mol. The third kappa shape index (κ3) is 2.50. The maximum atomic E-state index is 12.5. The summed E-state index contributed by atoms with van der Waals surface area (Å²) in [5, 5.41) is 20.4. The Hall–Kier alpha value is -1.96. The van der Waals surface area contributed by atoms with Gasteiger partial charge in [0.25, 0.3) is 5.91 Å². The van der Waals surface area contributed by atoms with E-state index < -0.39 is 10.8 Å². The molecule has 2 saturated carbocycles. The average Bonchev–Trinajstić information content (AvgIpc) is 3.14. The Bertz CT molecular complexity index is 621. The first-order valence-corrected chi connectivity index (χ1v) is 8.11. The van der Waals surface area contributed by atoms with Gasteiger partial charge >= 0.3 is 5.69 Å². The van der Waals surface area contributed by atoms with Crippen molar-refractivity contribution in [2.75, 3.05) is 6.61 Å². The first-order chi connectivity index (χ1) is 11.0. The van der Waals surface area contributed by atoms with E-state index in [0.717, 1.165) is 32.1 Å². The van der Waals surface area contributed by atoms with Crippen molar-refractivity contribution in [3.8, 4) is 0 Å². The summed E-state index contributed by atoms with van der Waals surface area (Å²) in [6.07, 6.45) is 5.27. The molecule has 0 unspecified atom stereocenters. The number of carbonyl (C=O) groups is 1. The van der Waals surface area contributed by atoms with Gasteiger partial charge < -0.3 is 10.1 Å². The molecule has 1 amide bonds. The number of carbonyl (C=O) groups excluding carboxylic acids is 1. The summed E-state index contributed by atoms with van der Waals surface area (Å²) < 4.78 is 5.82. The molecule has 1 aromatic heterocycles. The van der Waals surface area contributed by atoms with Crippen molar-refractivity contribution in [2.45, 2.75) is 58.1 Å². The SMILES string of the molecule is CCO[C@@H]1C[C@@H](NC(=O)c2n[nH]c(C)c2[N+](=O)[O-])C12CCCC2. The van der Waals surface area contributed by atoms with Gasteiger partial charge in [-0.3, -0.25) is 20.0 Å². The number of ether oxygens (including phenoxy) is 1. The number of aromatic nitrogens is 2. The number of H-pyrrole nitrogens is 1. The summed E-state index contributed by atoms with van der Waals surface area (Å²) in [5.74, 6) is -0.479. The number of nitrogens with one attached hydrogen (secondary N) is 2. The lowest BCUT2D eigenvalue weighted by Crippen LogP contribution is -2.63. The van der Waals surface area contributed by atoms with Crippen LogP contribution in [0.1, 0.15) is 55.2 Å². The number of aromatic amines is 1. The molecular weight excluding hydrogens is 300 g/mol. The van der Waals surface area contributed by atoms with E-state index in [4.69, 9.17) is 4.74 Å². The van der Waals surface area contributed by atoms with E-state index in [1.165, 1.54) is 6.92 Å². The van der Waals surface area contributed by atoms with Crippen LogP contribution in [0.25, 0.3) is 0 Å². The second kappa shape index (κ2) is 5.92. The van der Waals surface area contributed by atoms with Crippen molar-refractivity contribution in [1.29, 1.82) is 0 Å². The molecule has 3 rings (SSSR count). The minimum Gasteiger partial charge on any atom is -0.378 e. The zero-order valence-electron chi connectivity index (χ0n) is 13.4. The van der Waals surface area contributed by atoms with E-state index >= 15 is 0 Å². The Morgan fingerprint density at radius 1 is 1.52 bits per heavy atom. The molecule has 23 heavy (non-hydrogen) atoms. The summed E-state index contributed by atoms with van der Waals surface area (Å²) in [6, 6.07) is 0.00524. The number of hydrogen-bond donors (Lipinski definition) is 2. The summed E-state index contributed by atoms with van der Waals surface area (Å²) in [6.45, 7) is 4.18. The predicted molar refractivity (Wildman–Crippen MR) is 82.2 cm³/mol. The highest BCUT2D eigenvalue weighted by Crippen LogP contribution is 2.54. The zero-order valence-corrected chi connectivity index (χ0v) is 13.4. The van der Waals surface area contributed by atoms with Gasteiger partial charge in [0.2, 0.25) is 5.69 Å². The van der Waals surface area contributed by atoms with E-state index in [2.05, 4.69) is 15.5 Å². The van der Waals surface area contributed by atoms with Gasteiger partial charge in [-0.25, -0.2) is 0 Å². The van der Waals surface area contributed by atoms with Crippen LogP contribution in [0.2, 0.25) is 0 Å². The lowest BCUT2D eigenvalue weighted by Gasteiger charge is -2.53. The van der Waals surface area contributed by atoms with Crippen molar-refractivity contribution in [1.82, 2.24) is 15.5 Å². The topological polar surface area (TPSA) is 110 Å². The maximum Gasteiger partial charge on any atom is 0.322 e. The second-order valence-corrected chi connectivity index (χ2v) is 6.45. The van der Waals surface area contributed by atoms with Gasteiger partial charge in [0.15, 0.2) is 0 Å². The molecule has 0 radical (unpaired) electrons. The van der Waals surface area contributed by atoms with Crippen LogP contribution in [-0.2, 0) is 4.74 Å². The molecule has 2 aliphatic carbocycles. The van der Waals surface area contributed by atoms with E-state index in [1.807, 2.05) is 6.92 Å². The smallest absolute Gasteiger partial charge is 0.322 e. The fraction of sp³-hybridized carbons (Fsp3) is 0.733. The van der Waals surface area contributed by atoms with Gasteiger partial charge in [0.1, 0.15) is 5.69 Å². The molecule has 8 nitrogen and oxygen atoms in total. The summed E-state index contributed by atoms with van der Waals surface area (Å²) in [4.78, 5) is 23.0. The van der Waals surface area contributed by atoms with Gasteiger partial charge in [-0.2, -0.15) is 5.10 Å². The van der Waals surface area contributed by atoms with E-state index in [9.17, 15) is 14.9 Å². The second-order valence-electron chi connectivity index (χ2n) is 6.45. The molecule has 2 fully saturated rings. The number of aryl methyl sites for hydroxylation is 1. The molecule has 2 atom stereocenters. The van der Waals surface area contributed by atoms with Crippen LogP contribution in [0.3, 0.4) is 0 Å². The molecule has 126 valence electrons. The van der Waals surface area contributed by atoms with Crippen molar-refractivity contribution in [3.05, 3.63) is 21.5 Å². The molecule has 1 spiro atoms. The van der Waals surface area contributed by atoms with Crippen molar-refractivity contribution >= 4 is 11.6 Å². The largest absolute Gasteiger partial charge is 0.378 e. The predicted octanol–water partition coefficient (Wildman–Crippen LogP) is 2.09. The molecule has 8 heteroatoms. The number of rotatable bonds is 5. The van der Waals surface area contributed by atoms with E-state index in [-0.39, 0.29) is 34.6 Å². The van der Waals surface area contributed by atoms with Crippen LogP contribution in [-0.4, -0.2) is 39.8 Å². The van der Waals surface area contributed by atoms with Crippen LogP contribution in [0.5, 0.6) is 0 Å². The van der Waals surface area contributed by atoms with Crippen LogP contribution in [0, 0.1) is 22.5 Å². The molecule has 1 aromatic rings. The number of nitro groups is 1. The number of amides is 1. The average molecular weight is 322 g/mol. The van der Waals surface area contributed by atoms with Crippen LogP contribution < -0.4 is 5.32 Å². The highest BCUT2D eigenvalue weighted by molar-refractivity contribution is 5.96. The van der Waals surface area contributed by atoms with Gasteiger partial charge in [0.05, 0.1) is 11.0 Å². The van der Waals surface area contributed by atoms with E-state index in [0.29, 0.717) is 6.61 Å². The lowest BCUT2D eigenvalue weighted by atomic mass is 9.60. The highest BCUT2D eigenvalue weighted by Gasteiger charge is 2.57. The molecule has 0 saturated heterocycles. The fourth-order valence-corrected chi connectivity index (χ4v) is 4.12. The van der Waals surface area contributed by atoms with Crippen molar-refractivity contribution in [2.24, 2.45) is 5.41 Å². The van der Waals surface area contributed by atoms with Gasteiger partial charge in [-0.15, -0.1) is 0 Å². The summed E-state index contributed by atoms with van der Waals surface area (Å²) in [5.41, 5.74) is -0.105. The fourth-order valence-electron chi connectivity index (χ4n) is 4.12. The van der Waals surface area contributed by atoms with Crippen LogP contribution >= 0.6 is 0 Å². The number of nitrogens with zero attached hydrogens (tertiary/aromatic N) is 2. The minimum atomic E-state index is -0.567. The third-order valence-electron chi connectivity index (χ3n) is 5.31. The Morgan fingerprint density at radius 3 is 2.83 bits per heavy atom. The van der Waals surface area contributed by atoms with Gasteiger partial charge in [-0.05, 0) is 33.1 Å². The molecular formula is C15H22N4O4. The Morgan fingerprint density at radius 2 is 2.22 bits per heavy atom. The highest BCUT2D eigenvalue weighted by atomic mass is 16.6. The maximum absolute atomic E-state index is 12.5. The molecule has 2 N–H and O–H groups in total.